The van der Waals surface area contributed by atoms with Crippen LogP contribution < -0.4 is 0 Å². The largest absolute Gasteiger partial charge is 0.129 e. The first-order valence-electron chi connectivity index (χ1n) is 6.42. The van der Waals surface area contributed by atoms with Gasteiger partial charge in [-0.15, -0.1) is 11.8 Å². The molecule has 0 aliphatic heterocycles. The summed E-state index contributed by atoms with van der Waals surface area (Å²) >= 11 is 1.81. The van der Waals surface area contributed by atoms with Crippen molar-refractivity contribution in [2.24, 2.45) is 0 Å². The summed E-state index contributed by atoms with van der Waals surface area (Å²) in [6.07, 6.45) is 2.14. The van der Waals surface area contributed by atoms with Gasteiger partial charge >= 0.3 is 0 Å². The monoisotopic (exact) mass is 264 g/mol. The van der Waals surface area contributed by atoms with Gasteiger partial charge in [-0.1, -0.05) is 54.1 Å². The molecule has 0 saturated carbocycles. The van der Waals surface area contributed by atoms with E-state index in [0.717, 1.165) is 0 Å². The van der Waals surface area contributed by atoms with Crippen LogP contribution in [0.5, 0.6) is 0 Å². The predicted octanol–water partition coefficient (Wildman–Crippen LogP) is 5.54. The van der Waals surface area contributed by atoms with Crippen molar-refractivity contribution < 1.29 is 0 Å². The Bertz CT molecular complexity index is 714. The highest BCUT2D eigenvalue weighted by atomic mass is 32.2. The van der Waals surface area contributed by atoms with Gasteiger partial charge in [0.1, 0.15) is 0 Å². The quantitative estimate of drug-likeness (QED) is 0.548. The zero-order valence-electron chi connectivity index (χ0n) is 11.2. The van der Waals surface area contributed by atoms with Crippen LogP contribution in [0.25, 0.3) is 21.9 Å². The lowest BCUT2D eigenvalue weighted by atomic mass is 10.00. The maximum atomic E-state index is 2.29. The molecule has 0 radical (unpaired) electrons. The fraction of sp³-hybridized carbons (Fsp3) is 0.111. The summed E-state index contributed by atoms with van der Waals surface area (Å²) in [5.74, 6) is 0. The molecule has 0 aromatic heterocycles. The van der Waals surface area contributed by atoms with Crippen molar-refractivity contribution in [3.8, 4) is 11.1 Å². The zero-order valence-corrected chi connectivity index (χ0v) is 12.0. The lowest BCUT2D eigenvalue weighted by molar-refractivity contribution is 1.47. The van der Waals surface area contributed by atoms with E-state index in [0.29, 0.717) is 0 Å². The molecule has 0 amide bonds. The molecule has 19 heavy (non-hydrogen) atoms. The van der Waals surface area contributed by atoms with Gasteiger partial charge in [0.2, 0.25) is 0 Å². The molecule has 3 aromatic carbocycles. The van der Waals surface area contributed by atoms with Crippen LogP contribution in [-0.2, 0) is 0 Å². The van der Waals surface area contributed by atoms with Crippen LogP contribution in [0.2, 0.25) is 0 Å². The Morgan fingerprint density at radius 3 is 2.32 bits per heavy atom. The van der Waals surface area contributed by atoms with Crippen molar-refractivity contribution in [2.45, 2.75) is 11.8 Å². The fourth-order valence-corrected chi connectivity index (χ4v) is 3.07. The van der Waals surface area contributed by atoms with Crippen LogP contribution in [-0.4, -0.2) is 6.26 Å². The summed E-state index contributed by atoms with van der Waals surface area (Å²) in [5.41, 5.74) is 3.88. The van der Waals surface area contributed by atoms with Crippen LogP contribution in [0.1, 0.15) is 5.56 Å². The number of hydrogen-bond acceptors (Lipinski definition) is 1. The third-order valence-corrected chi connectivity index (χ3v) is 4.17. The first kappa shape index (κ1) is 12.3. The topological polar surface area (TPSA) is 0 Å². The van der Waals surface area contributed by atoms with Crippen molar-refractivity contribution in [2.75, 3.05) is 6.26 Å². The molecule has 94 valence electrons. The Morgan fingerprint density at radius 2 is 1.58 bits per heavy atom. The van der Waals surface area contributed by atoms with Crippen molar-refractivity contribution in [3.05, 3.63) is 66.2 Å². The first-order valence-corrected chi connectivity index (χ1v) is 7.64. The number of thioether (sulfide) groups is 1. The summed E-state index contributed by atoms with van der Waals surface area (Å²) in [4.78, 5) is 1.34. The van der Waals surface area contributed by atoms with E-state index in [1.54, 1.807) is 0 Å². The molecule has 1 heteroatoms. The Morgan fingerprint density at radius 1 is 0.789 bits per heavy atom. The van der Waals surface area contributed by atoms with E-state index in [-0.39, 0.29) is 0 Å². The standard InChI is InChI=1S/C18H16S/c1-13-8-9-17-16(10-13)11-15(12-18(17)19-2)14-6-4-3-5-7-14/h3-12H,1-2H3. The van der Waals surface area contributed by atoms with Crippen molar-refractivity contribution in [1.82, 2.24) is 0 Å². The summed E-state index contributed by atoms with van der Waals surface area (Å²) in [6.45, 7) is 2.15. The molecule has 0 heterocycles. The maximum absolute atomic E-state index is 2.29. The minimum Gasteiger partial charge on any atom is -0.129 e. The zero-order chi connectivity index (χ0) is 13.2. The number of hydrogen-bond donors (Lipinski definition) is 0. The second-order valence-corrected chi connectivity index (χ2v) is 5.62. The van der Waals surface area contributed by atoms with Gasteiger partial charge in [-0.3, -0.25) is 0 Å². The Labute approximate surface area is 118 Å². The summed E-state index contributed by atoms with van der Waals surface area (Å²) in [5, 5.41) is 2.67. The Hall–Kier alpha value is -1.73. The second-order valence-electron chi connectivity index (χ2n) is 4.77. The molecule has 0 fully saturated rings. The van der Waals surface area contributed by atoms with E-state index in [1.165, 1.54) is 32.4 Å². The van der Waals surface area contributed by atoms with Gasteiger partial charge in [0.15, 0.2) is 0 Å². The van der Waals surface area contributed by atoms with Gasteiger partial charge in [0, 0.05) is 4.90 Å². The highest BCUT2D eigenvalue weighted by molar-refractivity contribution is 7.98. The average Bonchev–Trinajstić information content (AvgIpc) is 2.46. The van der Waals surface area contributed by atoms with E-state index in [2.05, 4.69) is 73.8 Å². The molecule has 0 bridgehead atoms. The number of aryl methyl sites for hydroxylation is 1. The van der Waals surface area contributed by atoms with Crippen LogP contribution in [0.3, 0.4) is 0 Å². The minimum absolute atomic E-state index is 1.28. The summed E-state index contributed by atoms with van der Waals surface area (Å²) < 4.78 is 0. The molecule has 0 unspecified atom stereocenters. The Kier molecular flexibility index (Phi) is 3.31. The van der Waals surface area contributed by atoms with E-state index in [9.17, 15) is 0 Å². The van der Waals surface area contributed by atoms with Crippen LogP contribution in [0.4, 0.5) is 0 Å². The van der Waals surface area contributed by atoms with Gasteiger partial charge in [0.25, 0.3) is 0 Å². The molecule has 0 aliphatic carbocycles. The van der Waals surface area contributed by atoms with Crippen LogP contribution in [0, 0.1) is 6.92 Å². The van der Waals surface area contributed by atoms with E-state index in [1.807, 2.05) is 11.8 Å². The minimum atomic E-state index is 1.28. The normalized spacial score (nSPS) is 10.8. The number of fused-ring (bicyclic) bond motifs is 1. The molecule has 0 N–H and O–H groups in total. The van der Waals surface area contributed by atoms with Gasteiger partial charge in [-0.05, 0) is 47.2 Å². The number of benzene rings is 3. The lowest BCUT2D eigenvalue weighted by Crippen LogP contribution is -1.83. The summed E-state index contributed by atoms with van der Waals surface area (Å²) in [6, 6.07) is 21.8. The fourth-order valence-electron chi connectivity index (χ4n) is 2.42. The van der Waals surface area contributed by atoms with Crippen molar-refractivity contribution in [1.29, 1.82) is 0 Å². The molecule has 3 rings (SSSR count). The molecule has 0 aliphatic rings. The third-order valence-electron chi connectivity index (χ3n) is 3.40. The van der Waals surface area contributed by atoms with E-state index >= 15 is 0 Å². The van der Waals surface area contributed by atoms with Gasteiger partial charge in [-0.25, -0.2) is 0 Å². The highest BCUT2D eigenvalue weighted by Crippen LogP contribution is 2.32. The van der Waals surface area contributed by atoms with Crippen LogP contribution >= 0.6 is 11.8 Å². The van der Waals surface area contributed by atoms with Crippen molar-refractivity contribution in [3.63, 3.8) is 0 Å². The second kappa shape index (κ2) is 5.10. The van der Waals surface area contributed by atoms with Gasteiger partial charge in [0.05, 0.1) is 0 Å². The lowest BCUT2D eigenvalue weighted by Gasteiger charge is -2.09. The molecular weight excluding hydrogens is 248 g/mol. The van der Waals surface area contributed by atoms with Gasteiger partial charge < -0.3 is 0 Å². The Balaban J connectivity index is 2.27. The molecule has 0 saturated heterocycles. The van der Waals surface area contributed by atoms with Gasteiger partial charge in [-0.2, -0.15) is 0 Å². The molecule has 0 atom stereocenters. The van der Waals surface area contributed by atoms with E-state index < -0.39 is 0 Å². The molecule has 0 spiro atoms. The highest BCUT2D eigenvalue weighted by Gasteiger charge is 2.05. The van der Waals surface area contributed by atoms with Crippen LogP contribution in [0.15, 0.2) is 65.6 Å². The first-order chi connectivity index (χ1) is 9.28. The predicted molar refractivity (Wildman–Crippen MR) is 85.9 cm³/mol. The molecule has 3 aromatic rings. The molecular formula is C18H16S. The average molecular weight is 264 g/mol. The van der Waals surface area contributed by atoms with E-state index in [4.69, 9.17) is 0 Å². The smallest absolute Gasteiger partial charge is 0.0154 e. The SMILES string of the molecule is CSc1cc(-c2ccccc2)cc2cc(C)ccc12. The number of rotatable bonds is 2. The maximum Gasteiger partial charge on any atom is 0.0154 e. The summed E-state index contributed by atoms with van der Waals surface area (Å²) in [7, 11) is 0. The van der Waals surface area contributed by atoms with Crippen molar-refractivity contribution >= 4 is 22.5 Å². The molecule has 0 nitrogen and oxygen atoms in total. The third kappa shape index (κ3) is 2.39.